The van der Waals surface area contributed by atoms with Crippen LogP contribution in [0.4, 0.5) is 0 Å². The highest BCUT2D eigenvalue weighted by molar-refractivity contribution is 5.85. The largest absolute Gasteiger partial charge is 0.508 e. The SMILES string of the molecule is OC[C@H]1OC(Oc2nn(Cc3ccccc3)c3nccc(CCc4ccc(O)cc4)c23)[C@H](O)[C@@H](O)[C@@H]1O. The molecule has 0 saturated carbocycles. The molecule has 0 bridgehead atoms. The van der Waals surface area contributed by atoms with E-state index in [0.717, 1.165) is 16.7 Å². The second-order valence-corrected chi connectivity index (χ2v) is 9.10. The van der Waals surface area contributed by atoms with Gasteiger partial charge in [0.2, 0.25) is 12.2 Å². The van der Waals surface area contributed by atoms with Crippen LogP contribution in [-0.4, -0.2) is 77.6 Å². The first-order chi connectivity index (χ1) is 17.9. The van der Waals surface area contributed by atoms with Crippen LogP contribution in [0.2, 0.25) is 0 Å². The number of phenolic OH excluding ortho intramolecular Hbond substituents is 1. The molecule has 5 atom stereocenters. The number of hydrogen-bond acceptors (Lipinski definition) is 9. The summed E-state index contributed by atoms with van der Waals surface area (Å²) >= 11 is 0. The van der Waals surface area contributed by atoms with Gasteiger partial charge in [0.05, 0.1) is 18.5 Å². The monoisotopic (exact) mass is 507 g/mol. The van der Waals surface area contributed by atoms with Gasteiger partial charge in [0.25, 0.3) is 0 Å². The molecule has 5 rings (SSSR count). The maximum Gasteiger partial charge on any atom is 0.245 e. The number of aromatic nitrogens is 3. The van der Waals surface area contributed by atoms with Crippen LogP contribution in [0.25, 0.3) is 11.0 Å². The number of phenols is 1. The van der Waals surface area contributed by atoms with Crippen LogP contribution in [0.3, 0.4) is 0 Å². The molecule has 10 heteroatoms. The molecule has 0 amide bonds. The number of fused-ring (bicyclic) bond motifs is 1. The summed E-state index contributed by atoms with van der Waals surface area (Å²) in [6, 6.07) is 18.6. The fourth-order valence-electron chi connectivity index (χ4n) is 4.50. The summed E-state index contributed by atoms with van der Waals surface area (Å²) in [7, 11) is 0. The zero-order chi connectivity index (χ0) is 25.9. The standard InChI is InChI=1S/C27H29N3O7/c31-15-20-22(33)23(34)24(35)27(36-20)37-26-21-18(9-6-16-7-10-19(32)11-8-16)12-13-28-25(21)30(29-26)14-17-4-2-1-3-5-17/h1-5,7-8,10-13,20,22-24,27,31-35H,6,9,14-15H2/t20-,22-,23+,24-,27?/m1/s1. The molecule has 1 fully saturated rings. The summed E-state index contributed by atoms with van der Waals surface area (Å²) in [6.07, 6.45) is -4.10. The molecule has 1 aliphatic rings. The van der Waals surface area contributed by atoms with Gasteiger partial charge in [-0.2, -0.15) is 0 Å². The van der Waals surface area contributed by atoms with E-state index >= 15 is 0 Å². The fraction of sp³-hybridized carbons (Fsp3) is 0.333. The van der Waals surface area contributed by atoms with Gasteiger partial charge in [-0.1, -0.05) is 42.5 Å². The fourth-order valence-corrected chi connectivity index (χ4v) is 4.50. The normalized spacial score (nSPS) is 23.8. The molecule has 0 spiro atoms. The van der Waals surface area contributed by atoms with E-state index < -0.39 is 37.3 Å². The van der Waals surface area contributed by atoms with Crippen molar-refractivity contribution in [2.24, 2.45) is 0 Å². The smallest absolute Gasteiger partial charge is 0.245 e. The van der Waals surface area contributed by atoms with E-state index in [1.165, 1.54) is 0 Å². The Morgan fingerprint density at radius 1 is 0.865 bits per heavy atom. The molecule has 0 radical (unpaired) electrons. The highest BCUT2D eigenvalue weighted by Gasteiger charge is 2.45. The van der Waals surface area contributed by atoms with Crippen molar-refractivity contribution in [1.29, 1.82) is 0 Å². The first-order valence-electron chi connectivity index (χ1n) is 12.1. The van der Waals surface area contributed by atoms with E-state index in [-0.39, 0.29) is 11.6 Å². The third-order valence-corrected chi connectivity index (χ3v) is 6.56. The van der Waals surface area contributed by atoms with Gasteiger partial charge in [0.15, 0.2) is 5.65 Å². The lowest BCUT2D eigenvalue weighted by molar-refractivity contribution is -0.278. The minimum Gasteiger partial charge on any atom is -0.508 e. The summed E-state index contributed by atoms with van der Waals surface area (Å²) in [5, 5.41) is 55.3. The zero-order valence-electron chi connectivity index (χ0n) is 20.0. The molecule has 37 heavy (non-hydrogen) atoms. The van der Waals surface area contributed by atoms with Crippen LogP contribution in [0, 0.1) is 0 Å². The maximum absolute atomic E-state index is 10.5. The predicted octanol–water partition coefficient (Wildman–Crippen LogP) is 1.15. The molecule has 10 nitrogen and oxygen atoms in total. The van der Waals surface area contributed by atoms with Crippen LogP contribution in [0.5, 0.6) is 11.6 Å². The Morgan fingerprint density at radius 2 is 1.62 bits per heavy atom. The molecule has 1 saturated heterocycles. The lowest BCUT2D eigenvalue weighted by Crippen LogP contribution is -2.60. The molecule has 194 valence electrons. The molecular weight excluding hydrogens is 478 g/mol. The number of aryl methyl sites for hydroxylation is 2. The number of aliphatic hydroxyl groups is 4. The van der Waals surface area contributed by atoms with Gasteiger partial charge in [-0.25, -0.2) is 9.67 Å². The van der Waals surface area contributed by atoms with Crippen molar-refractivity contribution < 1.29 is 35.0 Å². The Balaban J connectivity index is 1.50. The molecule has 0 aliphatic carbocycles. The average molecular weight is 508 g/mol. The van der Waals surface area contributed by atoms with Crippen molar-refractivity contribution in [3.8, 4) is 11.6 Å². The van der Waals surface area contributed by atoms with Crippen LogP contribution in [-0.2, 0) is 24.1 Å². The number of rotatable bonds is 8. The van der Waals surface area contributed by atoms with Crippen molar-refractivity contribution in [2.75, 3.05) is 6.61 Å². The summed E-state index contributed by atoms with van der Waals surface area (Å²) in [6.45, 7) is -0.142. The molecule has 2 aromatic heterocycles. The third kappa shape index (κ3) is 5.29. The second-order valence-electron chi connectivity index (χ2n) is 9.10. The number of aromatic hydroxyl groups is 1. The van der Waals surface area contributed by atoms with Crippen LogP contribution >= 0.6 is 0 Å². The topological polar surface area (TPSA) is 150 Å². The minimum atomic E-state index is -1.57. The molecule has 2 aromatic carbocycles. The van der Waals surface area contributed by atoms with E-state index in [1.807, 2.05) is 48.5 Å². The van der Waals surface area contributed by atoms with E-state index in [2.05, 4.69) is 10.1 Å². The van der Waals surface area contributed by atoms with Crippen LogP contribution in [0.1, 0.15) is 16.7 Å². The number of hydrogen-bond donors (Lipinski definition) is 5. The van der Waals surface area contributed by atoms with Crippen molar-refractivity contribution >= 4 is 11.0 Å². The number of aliphatic hydroxyl groups excluding tert-OH is 4. The first kappa shape index (κ1) is 25.1. The molecule has 1 unspecified atom stereocenters. The quantitative estimate of drug-likeness (QED) is 0.237. The van der Waals surface area contributed by atoms with Crippen molar-refractivity contribution in [3.63, 3.8) is 0 Å². The molecule has 4 aromatic rings. The van der Waals surface area contributed by atoms with Gasteiger partial charge in [-0.05, 0) is 47.7 Å². The second kappa shape index (κ2) is 10.8. The van der Waals surface area contributed by atoms with E-state index in [4.69, 9.17) is 9.47 Å². The van der Waals surface area contributed by atoms with Crippen LogP contribution < -0.4 is 4.74 Å². The number of pyridine rings is 1. The lowest BCUT2D eigenvalue weighted by Gasteiger charge is -2.39. The van der Waals surface area contributed by atoms with E-state index in [0.29, 0.717) is 30.4 Å². The van der Waals surface area contributed by atoms with E-state index in [1.54, 1.807) is 23.0 Å². The van der Waals surface area contributed by atoms with Crippen LogP contribution in [0.15, 0.2) is 66.9 Å². The zero-order valence-corrected chi connectivity index (χ0v) is 20.0. The average Bonchev–Trinajstić information content (AvgIpc) is 3.26. The van der Waals surface area contributed by atoms with Crippen molar-refractivity contribution in [1.82, 2.24) is 14.8 Å². The minimum absolute atomic E-state index is 0.157. The lowest BCUT2D eigenvalue weighted by atomic mass is 9.99. The Bertz CT molecular complexity index is 1330. The Hall–Kier alpha value is -3.54. The van der Waals surface area contributed by atoms with Gasteiger partial charge in [-0.15, -0.1) is 5.10 Å². The maximum atomic E-state index is 10.5. The van der Waals surface area contributed by atoms with Gasteiger partial charge in [0.1, 0.15) is 30.2 Å². The van der Waals surface area contributed by atoms with Gasteiger partial charge in [-0.3, -0.25) is 0 Å². The van der Waals surface area contributed by atoms with Crippen molar-refractivity contribution in [3.05, 3.63) is 83.6 Å². The summed E-state index contributed by atoms with van der Waals surface area (Å²) in [4.78, 5) is 4.55. The van der Waals surface area contributed by atoms with Gasteiger partial charge < -0.3 is 35.0 Å². The van der Waals surface area contributed by atoms with Crippen molar-refractivity contribution in [2.45, 2.75) is 50.1 Å². The Morgan fingerprint density at radius 3 is 2.35 bits per heavy atom. The summed E-state index contributed by atoms with van der Waals surface area (Å²) < 4.78 is 13.3. The van der Waals surface area contributed by atoms with E-state index in [9.17, 15) is 25.5 Å². The summed E-state index contributed by atoms with van der Waals surface area (Å²) in [5.41, 5.74) is 3.52. The predicted molar refractivity (Wildman–Crippen MR) is 133 cm³/mol. The molecule has 1 aliphatic heterocycles. The molecule has 3 heterocycles. The Labute approximate surface area is 213 Å². The number of benzene rings is 2. The first-order valence-corrected chi connectivity index (χ1v) is 12.1. The third-order valence-electron chi connectivity index (χ3n) is 6.56. The highest BCUT2D eigenvalue weighted by Crippen LogP contribution is 2.32. The molecule has 5 N–H and O–H groups in total. The number of nitrogens with zero attached hydrogens (tertiary/aromatic N) is 3. The number of ether oxygens (including phenoxy) is 2. The summed E-state index contributed by atoms with van der Waals surface area (Å²) in [5.74, 6) is 0.358. The van der Waals surface area contributed by atoms with Gasteiger partial charge >= 0.3 is 0 Å². The van der Waals surface area contributed by atoms with Gasteiger partial charge in [0, 0.05) is 6.20 Å². The molecular formula is C27H29N3O7. The Kier molecular flexibility index (Phi) is 7.36. The highest BCUT2D eigenvalue weighted by atomic mass is 16.7.